The Bertz CT molecular complexity index is 3180. The van der Waals surface area contributed by atoms with Crippen LogP contribution in [0.2, 0.25) is 20.1 Å². The summed E-state index contributed by atoms with van der Waals surface area (Å²) in [6.45, 7) is 16.4. The number of hydrogen-bond donors (Lipinski definition) is 6. The number of ether oxygens (including phenoxy) is 4. The Morgan fingerprint density at radius 2 is 1.49 bits per heavy atom. The zero-order chi connectivity index (χ0) is 59.3. The molecule has 4 amide bonds. The summed E-state index contributed by atoms with van der Waals surface area (Å²) in [5, 5.41) is 12.9. The van der Waals surface area contributed by atoms with Gasteiger partial charge in [0.05, 0.1) is 77.9 Å². The van der Waals surface area contributed by atoms with Crippen molar-refractivity contribution in [2.45, 2.75) is 127 Å². The standard InChI is InChI=1S/C59H76Cl4N8O9S2/c1-9-57(6)32-35(3)37-28-39-43(30-41(37)71(57)21-14-17-46(73)67-19-23-79-25-24-78-22-18-66-45(72)16-11-10-15-44-59(65)58(64,33-81-44)68-55(75)69-59)80-42-29-40-36(34(2)31-56(4,5)70(40)20-12-13-26-82-77-8)27-38(42)47(39)48-49(54(74)76-7)51(61)53(63)52(62)50(48)60/h27-32,44H,9-26,33,64-65H2,1-8H3,(H3-,66,67,68,69,72,73,75)/p+1/t44-,57?,58-,59+/m0/s1. The largest absolute Gasteiger partial charge is 0.465 e. The first-order valence-electron chi connectivity index (χ1n) is 28.0. The molecule has 2 fully saturated rings. The van der Waals surface area contributed by atoms with E-state index in [9.17, 15) is 19.2 Å². The minimum absolute atomic E-state index is 0.000777. The number of esters is 1. The second-order valence-corrected chi connectivity index (χ2v) is 25.9. The fraction of sp³-hybridized carbons (Fsp3) is 0.542. The van der Waals surface area contributed by atoms with E-state index in [1.165, 1.54) is 19.2 Å². The van der Waals surface area contributed by atoms with Gasteiger partial charge in [-0.3, -0.25) is 9.59 Å². The molecule has 5 heterocycles. The second-order valence-electron chi connectivity index (χ2n) is 22.2. The summed E-state index contributed by atoms with van der Waals surface area (Å²) < 4.78 is 31.4. The van der Waals surface area contributed by atoms with Gasteiger partial charge in [-0.1, -0.05) is 65.8 Å². The van der Waals surface area contributed by atoms with Crippen LogP contribution < -0.4 is 57.5 Å². The molecule has 0 radical (unpaired) electrons. The topological polar surface area (TPSA) is 221 Å². The number of nitrogens with zero attached hydrogens (tertiary/aromatic N) is 2. The molecule has 0 saturated carbocycles. The lowest BCUT2D eigenvalue weighted by molar-refractivity contribution is -0.122. The van der Waals surface area contributed by atoms with E-state index in [0.717, 1.165) is 77.7 Å². The molecular formula is C59H77Cl4N8O9S2+. The van der Waals surface area contributed by atoms with Gasteiger partial charge in [0.25, 0.3) is 0 Å². The second kappa shape index (κ2) is 27.0. The van der Waals surface area contributed by atoms with Crippen molar-refractivity contribution in [1.82, 2.24) is 25.8 Å². The Kier molecular flexibility index (Phi) is 21.0. The monoisotopic (exact) mass is 1250 g/mol. The van der Waals surface area contributed by atoms with E-state index in [1.807, 2.05) is 0 Å². The molecule has 0 bridgehead atoms. The minimum Gasteiger partial charge on any atom is -0.465 e. The number of halogens is 4. The van der Waals surface area contributed by atoms with Crippen molar-refractivity contribution in [1.29, 1.82) is 0 Å². The first-order chi connectivity index (χ1) is 39.0. The number of carbonyl (C=O) groups excluding carboxylic acids is 4. The minimum atomic E-state index is -1.01. The number of hydrogen-bond acceptors (Lipinski definition) is 14. The van der Waals surface area contributed by atoms with Gasteiger partial charge in [0, 0.05) is 114 Å². The SMILES string of the molecule is CCC1(C)C=C(C)c2cc3c(cc2=[N+]1CCCC(=O)NCCOCCOCCNC(=O)CCCC[C@@H]1SC[C@]2(N)NC(=O)N[C@]12N)Oc1cc2c(cc1C=3c1c(Cl)c(Cl)c(Cl)c(Cl)c1C(=O)OC)C(C)=CC(C)(C)N2CCCCSOC. The number of unbranched alkanes of at least 4 members (excludes halogenated alkanes) is 2. The summed E-state index contributed by atoms with van der Waals surface area (Å²) >= 11 is 30.9. The normalized spacial score (nSPS) is 22.0. The lowest BCUT2D eigenvalue weighted by Gasteiger charge is -2.44. The van der Waals surface area contributed by atoms with E-state index in [1.54, 1.807) is 18.9 Å². The number of carbonyl (C=O) groups is 4. The molecule has 17 nitrogen and oxygen atoms in total. The number of allylic oxidation sites excluding steroid dienone is 2. The molecule has 82 heavy (non-hydrogen) atoms. The average molecular weight is 1250 g/mol. The van der Waals surface area contributed by atoms with E-state index in [2.05, 4.69) is 109 Å². The zero-order valence-corrected chi connectivity index (χ0v) is 52.7. The van der Waals surface area contributed by atoms with Gasteiger partial charge in [-0.25, -0.2) is 14.2 Å². The Hall–Kier alpha value is -4.25. The first kappa shape index (κ1) is 63.8. The van der Waals surface area contributed by atoms with Gasteiger partial charge < -0.3 is 60.8 Å². The molecule has 23 heteroatoms. The highest BCUT2D eigenvalue weighted by atomic mass is 35.5. The molecular weight excluding hydrogens is 1170 g/mol. The summed E-state index contributed by atoms with van der Waals surface area (Å²) in [4.78, 5) is 53.9. The van der Waals surface area contributed by atoms with Gasteiger partial charge in [0.1, 0.15) is 29.4 Å². The summed E-state index contributed by atoms with van der Waals surface area (Å²) in [7, 11) is 2.97. The summed E-state index contributed by atoms with van der Waals surface area (Å²) in [6.07, 6.45) is 10.7. The third-order valence-corrected chi connectivity index (χ3v) is 20.3. The first-order valence-corrected chi connectivity index (χ1v) is 31.5. The van der Waals surface area contributed by atoms with Crippen LogP contribution in [0.4, 0.5) is 10.5 Å². The van der Waals surface area contributed by atoms with Gasteiger partial charge in [0.2, 0.25) is 17.2 Å². The van der Waals surface area contributed by atoms with Crippen molar-refractivity contribution < 1.29 is 42.3 Å². The number of amides is 4. The highest BCUT2D eigenvalue weighted by Crippen LogP contribution is 2.51. The van der Waals surface area contributed by atoms with E-state index in [4.69, 9.17) is 81.0 Å². The van der Waals surface area contributed by atoms with E-state index < -0.39 is 22.8 Å². The molecule has 3 aromatic rings. The Labute approximate surface area is 509 Å². The van der Waals surface area contributed by atoms with Crippen molar-refractivity contribution in [2.75, 3.05) is 83.2 Å². The van der Waals surface area contributed by atoms with Gasteiger partial charge in [0.15, 0.2) is 5.54 Å². The number of nitrogens with two attached hydrogens (primary N) is 2. The van der Waals surface area contributed by atoms with E-state index in [-0.39, 0.29) is 59.9 Å². The number of anilines is 1. The smallest absolute Gasteiger partial charge is 0.340 e. The Morgan fingerprint density at radius 3 is 2.16 bits per heavy atom. The number of benzene rings is 3. The van der Waals surface area contributed by atoms with Crippen LogP contribution in [0.25, 0.3) is 16.7 Å². The molecule has 2 saturated heterocycles. The Morgan fingerprint density at radius 1 is 0.817 bits per heavy atom. The summed E-state index contributed by atoms with van der Waals surface area (Å²) in [6, 6.07) is 7.98. The quantitative estimate of drug-likeness (QED) is 0.00625. The molecule has 0 aliphatic carbocycles. The van der Waals surface area contributed by atoms with Crippen molar-refractivity contribution in [3.05, 3.63) is 94.9 Å². The van der Waals surface area contributed by atoms with Crippen LogP contribution >= 0.6 is 70.2 Å². The van der Waals surface area contributed by atoms with Crippen LogP contribution in [0.3, 0.4) is 0 Å². The number of thioether (sulfide) groups is 1. The van der Waals surface area contributed by atoms with Crippen LogP contribution in [0, 0.1) is 0 Å². The molecule has 3 aromatic carbocycles. The number of urea groups is 1. The van der Waals surface area contributed by atoms with Gasteiger partial charge in [-0.2, -0.15) is 11.8 Å². The average Bonchev–Trinajstić information content (AvgIpc) is 1.17. The summed E-state index contributed by atoms with van der Waals surface area (Å²) in [5.74, 6) is 1.62. The van der Waals surface area contributed by atoms with Gasteiger partial charge in [-0.05, 0) is 94.8 Å². The maximum Gasteiger partial charge on any atom is 0.340 e. The van der Waals surface area contributed by atoms with E-state index in [0.29, 0.717) is 105 Å². The molecule has 8 rings (SSSR count). The number of methoxy groups -OCH3 is 1. The lowest BCUT2D eigenvalue weighted by Crippen LogP contribution is -2.72. The molecule has 5 aliphatic rings. The number of nitrogens with one attached hydrogen (secondary N) is 4. The molecule has 1 unspecified atom stereocenters. The summed E-state index contributed by atoms with van der Waals surface area (Å²) in [5.41, 5.74) is 16.7. The van der Waals surface area contributed by atoms with Crippen molar-refractivity contribution >= 4 is 116 Å². The molecule has 8 N–H and O–H groups in total. The zero-order valence-electron chi connectivity index (χ0n) is 48.0. The molecule has 0 spiro atoms. The molecule has 446 valence electrons. The highest BCUT2D eigenvalue weighted by molar-refractivity contribution is 8.00. The third-order valence-electron chi connectivity index (χ3n) is 16.2. The van der Waals surface area contributed by atoms with Crippen molar-refractivity contribution in [2.24, 2.45) is 11.5 Å². The van der Waals surface area contributed by atoms with Crippen LogP contribution in [-0.2, 0) is 28.0 Å². The Balaban J connectivity index is 0.930. The maximum absolute atomic E-state index is 13.9. The van der Waals surface area contributed by atoms with Gasteiger partial charge in [-0.15, -0.1) is 0 Å². The maximum atomic E-state index is 13.9. The van der Waals surface area contributed by atoms with Crippen molar-refractivity contribution in [3.8, 4) is 11.5 Å². The highest BCUT2D eigenvalue weighted by Gasteiger charge is 2.62. The number of rotatable bonds is 27. The van der Waals surface area contributed by atoms with Crippen LogP contribution in [0.15, 0.2) is 36.4 Å². The van der Waals surface area contributed by atoms with Crippen molar-refractivity contribution in [3.63, 3.8) is 0 Å². The van der Waals surface area contributed by atoms with Crippen LogP contribution in [0.5, 0.6) is 11.5 Å². The fourth-order valence-corrected chi connectivity index (χ4v) is 15.0. The van der Waals surface area contributed by atoms with Crippen LogP contribution in [-0.4, -0.2) is 130 Å². The molecule has 4 atom stereocenters. The van der Waals surface area contributed by atoms with Gasteiger partial charge >= 0.3 is 12.0 Å². The lowest BCUT2D eigenvalue weighted by atomic mass is 9.83. The van der Waals surface area contributed by atoms with Crippen LogP contribution in [0.1, 0.15) is 132 Å². The molecule has 0 aromatic heterocycles. The molecule has 5 aliphatic heterocycles. The predicted molar refractivity (Wildman–Crippen MR) is 331 cm³/mol. The van der Waals surface area contributed by atoms with E-state index >= 15 is 0 Å². The fourth-order valence-electron chi connectivity index (χ4n) is 11.8. The number of fused-ring (bicyclic) bond motifs is 5. The third kappa shape index (κ3) is 13.2. The predicted octanol–water partition coefficient (Wildman–Crippen LogP) is 8.94.